The van der Waals surface area contributed by atoms with Crippen molar-refractivity contribution in [3.63, 3.8) is 0 Å². The van der Waals surface area contributed by atoms with Crippen molar-refractivity contribution in [2.24, 2.45) is 5.41 Å². The lowest BCUT2D eigenvalue weighted by molar-refractivity contribution is -0.156. The molecular weight excluding hydrogens is 396 g/mol. The molecule has 3 rings (SSSR count). The van der Waals surface area contributed by atoms with Gasteiger partial charge in [0.2, 0.25) is 5.91 Å². The van der Waals surface area contributed by atoms with Crippen molar-refractivity contribution < 1.29 is 17.9 Å². The molecule has 0 saturated carbocycles. The molecule has 0 spiro atoms. The first kappa shape index (κ1) is 21.0. The maximum atomic E-state index is 12.8. The number of morpholine rings is 1. The van der Waals surface area contributed by atoms with Crippen molar-refractivity contribution in [2.45, 2.75) is 37.2 Å². The molecule has 1 aliphatic rings. The van der Waals surface area contributed by atoms with Crippen LogP contribution in [0.2, 0.25) is 0 Å². The predicted molar refractivity (Wildman–Crippen MR) is 110 cm³/mol. The highest BCUT2D eigenvalue weighted by molar-refractivity contribution is 7.91. The third-order valence-corrected chi connectivity index (χ3v) is 7.56. The molecule has 1 saturated heterocycles. The fraction of sp³-hybridized carbons (Fsp3) is 0.450. The number of hydrogen-bond acceptors (Lipinski definition) is 5. The first-order chi connectivity index (χ1) is 13.2. The van der Waals surface area contributed by atoms with Gasteiger partial charge in [0.15, 0.2) is 0 Å². The van der Waals surface area contributed by atoms with Gasteiger partial charge in [-0.1, -0.05) is 57.2 Å². The van der Waals surface area contributed by atoms with Crippen LogP contribution in [0, 0.1) is 5.41 Å². The molecule has 1 N–H and O–H groups in total. The number of carbonyl (C=O) groups is 1. The molecule has 1 amide bonds. The van der Waals surface area contributed by atoms with Crippen molar-refractivity contribution in [3.8, 4) is 0 Å². The SMILES string of the molecule is CC(C)(C)[C@H]1CN(C(=O)CNS(=O)(=O)c2cccs2)C[C@@H](c2ccccc2)O1. The van der Waals surface area contributed by atoms with Crippen LogP contribution in [0.3, 0.4) is 0 Å². The number of benzene rings is 1. The van der Waals surface area contributed by atoms with Crippen molar-refractivity contribution in [2.75, 3.05) is 19.6 Å². The number of rotatable bonds is 5. The summed E-state index contributed by atoms with van der Waals surface area (Å²) in [6.07, 6.45) is -0.388. The second kappa shape index (κ2) is 8.32. The summed E-state index contributed by atoms with van der Waals surface area (Å²) in [4.78, 5) is 14.5. The minimum atomic E-state index is -3.67. The van der Waals surface area contributed by atoms with E-state index in [1.807, 2.05) is 30.3 Å². The molecule has 2 atom stereocenters. The van der Waals surface area contributed by atoms with Gasteiger partial charge in [-0.05, 0) is 22.4 Å². The summed E-state index contributed by atoms with van der Waals surface area (Å²) in [7, 11) is -3.67. The van der Waals surface area contributed by atoms with Gasteiger partial charge in [-0.15, -0.1) is 11.3 Å². The molecule has 2 heterocycles. The third kappa shape index (κ3) is 5.00. The van der Waals surface area contributed by atoms with Crippen LogP contribution in [0.1, 0.15) is 32.4 Å². The maximum Gasteiger partial charge on any atom is 0.250 e. The quantitative estimate of drug-likeness (QED) is 0.804. The van der Waals surface area contributed by atoms with Gasteiger partial charge in [0, 0.05) is 6.54 Å². The van der Waals surface area contributed by atoms with Gasteiger partial charge in [-0.25, -0.2) is 13.1 Å². The number of thiophene rings is 1. The maximum absolute atomic E-state index is 12.8. The second-order valence-corrected chi connectivity index (χ2v) is 10.9. The van der Waals surface area contributed by atoms with E-state index in [1.165, 1.54) is 6.07 Å². The molecule has 8 heteroatoms. The van der Waals surface area contributed by atoms with Gasteiger partial charge >= 0.3 is 0 Å². The van der Waals surface area contributed by atoms with Crippen LogP contribution in [-0.2, 0) is 19.6 Å². The van der Waals surface area contributed by atoms with E-state index >= 15 is 0 Å². The zero-order valence-electron chi connectivity index (χ0n) is 16.3. The minimum absolute atomic E-state index is 0.149. The van der Waals surface area contributed by atoms with E-state index < -0.39 is 10.0 Å². The van der Waals surface area contributed by atoms with Gasteiger partial charge in [-0.2, -0.15) is 0 Å². The molecule has 28 heavy (non-hydrogen) atoms. The smallest absolute Gasteiger partial charge is 0.250 e. The zero-order valence-corrected chi connectivity index (χ0v) is 17.9. The average molecular weight is 423 g/mol. The topological polar surface area (TPSA) is 75.7 Å². The summed E-state index contributed by atoms with van der Waals surface area (Å²) < 4.78 is 33.5. The average Bonchev–Trinajstić information content (AvgIpc) is 3.21. The Balaban J connectivity index is 1.72. The predicted octanol–water partition coefficient (Wildman–Crippen LogP) is 3.04. The molecule has 6 nitrogen and oxygen atoms in total. The van der Waals surface area contributed by atoms with Gasteiger partial charge in [-0.3, -0.25) is 4.79 Å². The van der Waals surface area contributed by atoms with Crippen LogP contribution in [-0.4, -0.2) is 45.0 Å². The number of hydrogen-bond donors (Lipinski definition) is 1. The van der Waals surface area contributed by atoms with Crippen molar-refractivity contribution in [3.05, 3.63) is 53.4 Å². The number of ether oxygens (including phenoxy) is 1. The van der Waals surface area contributed by atoms with Crippen LogP contribution >= 0.6 is 11.3 Å². The molecule has 152 valence electrons. The standard InChI is InChI=1S/C20H26N2O4S2/c1-20(2,3)17-14-22(13-16(26-17)15-8-5-4-6-9-15)18(23)12-21-28(24,25)19-10-7-11-27-19/h4-11,16-17,21H,12-14H2,1-3H3/t16-,17+/m0/s1. The van der Waals surface area contributed by atoms with Crippen molar-refractivity contribution >= 4 is 27.3 Å². The van der Waals surface area contributed by atoms with Gasteiger partial charge in [0.05, 0.1) is 19.2 Å². The Labute approximate surface area is 170 Å². The molecule has 0 unspecified atom stereocenters. The Bertz CT molecular complexity index is 890. The van der Waals surface area contributed by atoms with E-state index in [2.05, 4.69) is 25.5 Å². The number of carbonyl (C=O) groups excluding carboxylic acids is 1. The summed E-state index contributed by atoms with van der Waals surface area (Å²) >= 11 is 1.12. The van der Waals surface area contributed by atoms with E-state index in [4.69, 9.17) is 4.74 Å². The number of amides is 1. The van der Waals surface area contributed by atoms with Crippen LogP contribution in [0.15, 0.2) is 52.1 Å². The van der Waals surface area contributed by atoms with E-state index in [1.54, 1.807) is 16.3 Å². The molecule has 2 aromatic rings. The number of sulfonamides is 1. The number of nitrogens with zero attached hydrogens (tertiary/aromatic N) is 1. The summed E-state index contributed by atoms with van der Waals surface area (Å²) in [5.74, 6) is -0.251. The Morgan fingerprint density at radius 3 is 2.50 bits per heavy atom. The summed E-state index contributed by atoms with van der Waals surface area (Å²) in [5.41, 5.74) is 0.857. The highest BCUT2D eigenvalue weighted by Crippen LogP contribution is 2.33. The van der Waals surface area contributed by atoms with Gasteiger partial charge in [0.25, 0.3) is 10.0 Å². The molecule has 1 fully saturated rings. The van der Waals surface area contributed by atoms with E-state index in [9.17, 15) is 13.2 Å². The number of nitrogens with one attached hydrogen (secondary N) is 1. The Kier molecular flexibility index (Phi) is 6.24. The van der Waals surface area contributed by atoms with Crippen LogP contribution in [0.25, 0.3) is 0 Å². The van der Waals surface area contributed by atoms with E-state index in [0.717, 1.165) is 16.9 Å². The van der Waals surface area contributed by atoms with E-state index in [0.29, 0.717) is 13.1 Å². The Morgan fingerprint density at radius 2 is 1.89 bits per heavy atom. The fourth-order valence-corrected chi connectivity index (χ4v) is 5.06. The van der Waals surface area contributed by atoms with Gasteiger partial charge < -0.3 is 9.64 Å². The fourth-order valence-electron chi connectivity index (χ4n) is 3.05. The minimum Gasteiger partial charge on any atom is -0.366 e. The highest BCUT2D eigenvalue weighted by Gasteiger charge is 2.37. The molecule has 1 aliphatic heterocycles. The molecule has 0 aliphatic carbocycles. The van der Waals surface area contributed by atoms with Gasteiger partial charge in [0.1, 0.15) is 10.3 Å². The Hall–Kier alpha value is -1.74. The van der Waals surface area contributed by atoms with Crippen LogP contribution in [0.5, 0.6) is 0 Å². The molecule has 0 bridgehead atoms. The Morgan fingerprint density at radius 1 is 1.18 bits per heavy atom. The normalized spacial score (nSPS) is 20.9. The zero-order chi connectivity index (χ0) is 20.4. The summed E-state index contributed by atoms with van der Waals surface area (Å²) in [5, 5.41) is 1.69. The largest absolute Gasteiger partial charge is 0.366 e. The first-order valence-corrected chi connectivity index (χ1v) is 11.5. The highest BCUT2D eigenvalue weighted by atomic mass is 32.2. The second-order valence-electron chi connectivity index (χ2n) is 7.95. The molecule has 1 aromatic heterocycles. The van der Waals surface area contributed by atoms with E-state index in [-0.39, 0.29) is 34.3 Å². The van der Waals surface area contributed by atoms with Crippen molar-refractivity contribution in [1.29, 1.82) is 0 Å². The molecule has 0 radical (unpaired) electrons. The summed E-state index contributed by atoms with van der Waals surface area (Å²) in [6.45, 7) is 6.80. The lowest BCUT2D eigenvalue weighted by atomic mass is 9.87. The monoisotopic (exact) mass is 422 g/mol. The third-order valence-electron chi connectivity index (χ3n) is 4.76. The summed E-state index contributed by atoms with van der Waals surface area (Å²) in [6, 6.07) is 13.0. The lowest BCUT2D eigenvalue weighted by Gasteiger charge is -2.43. The van der Waals surface area contributed by atoms with Crippen molar-refractivity contribution in [1.82, 2.24) is 9.62 Å². The van der Waals surface area contributed by atoms with Crippen LogP contribution in [0.4, 0.5) is 0 Å². The first-order valence-electron chi connectivity index (χ1n) is 9.18. The lowest BCUT2D eigenvalue weighted by Crippen LogP contribution is -2.53. The molecular formula is C20H26N2O4S2. The van der Waals surface area contributed by atoms with Crippen LogP contribution < -0.4 is 4.72 Å². The molecule has 1 aromatic carbocycles.